The molecule has 2 aromatic heterocycles. The number of anilines is 1. The van der Waals surface area contributed by atoms with Gasteiger partial charge < -0.3 is 10.6 Å². The highest BCUT2D eigenvalue weighted by atomic mass is 16.1. The highest BCUT2D eigenvalue weighted by molar-refractivity contribution is 5.99. The van der Waals surface area contributed by atoms with Crippen molar-refractivity contribution in [3.8, 4) is 0 Å². The van der Waals surface area contributed by atoms with Crippen molar-refractivity contribution in [3.05, 3.63) is 41.0 Å². The van der Waals surface area contributed by atoms with Gasteiger partial charge in [-0.3, -0.25) is 14.9 Å². The van der Waals surface area contributed by atoms with Gasteiger partial charge in [-0.1, -0.05) is 0 Å². The maximum atomic E-state index is 12.1. The number of carbonyl (C=O) groups excluding carboxylic acids is 1. The number of aromatic amines is 1. The largest absolute Gasteiger partial charge is 0.387 e. The van der Waals surface area contributed by atoms with Crippen LogP contribution in [0.15, 0.2) is 18.5 Å². The van der Waals surface area contributed by atoms with E-state index in [2.05, 4.69) is 25.8 Å². The molecular formula is C13H17N5O. The van der Waals surface area contributed by atoms with Crippen molar-refractivity contribution in [3.63, 3.8) is 0 Å². The summed E-state index contributed by atoms with van der Waals surface area (Å²) in [6.07, 6.45) is 3.29. The number of nitrogens with one attached hydrogen (secondary N) is 3. The molecule has 0 bridgehead atoms. The van der Waals surface area contributed by atoms with Crippen LogP contribution < -0.4 is 10.6 Å². The van der Waals surface area contributed by atoms with Crippen LogP contribution in [0.5, 0.6) is 0 Å². The van der Waals surface area contributed by atoms with Gasteiger partial charge in [0.1, 0.15) is 0 Å². The molecule has 0 unspecified atom stereocenters. The molecule has 2 heterocycles. The first-order valence-electron chi connectivity index (χ1n) is 6.03. The van der Waals surface area contributed by atoms with E-state index in [-0.39, 0.29) is 5.91 Å². The Morgan fingerprint density at radius 3 is 2.79 bits per heavy atom. The van der Waals surface area contributed by atoms with Crippen molar-refractivity contribution < 1.29 is 4.79 Å². The molecule has 0 aliphatic rings. The summed E-state index contributed by atoms with van der Waals surface area (Å²) in [5.41, 5.74) is 4.10. The third-order valence-electron chi connectivity index (χ3n) is 2.93. The van der Waals surface area contributed by atoms with E-state index in [9.17, 15) is 4.79 Å². The molecule has 0 saturated heterocycles. The van der Waals surface area contributed by atoms with Crippen LogP contribution in [0.2, 0.25) is 0 Å². The average molecular weight is 259 g/mol. The molecular weight excluding hydrogens is 242 g/mol. The number of aryl methyl sites for hydroxylation is 2. The number of H-pyrrole nitrogens is 1. The van der Waals surface area contributed by atoms with Gasteiger partial charge in [-0.25, -0.2) is 0 Å². The van der Waals surface area contributed by atoms with Crippen LogP contribution in [0.3, 0.4) is 0 Å². The van der Waals surface area contributed by atoms with E-state index in [0.717, 1.165) is 22.6 Å². The fourth-order valence-electron chi connectivity index (χ4n) is 1.77. The minimum atomic E-state index is -0.155. The van der Waals surface area contributed by atoms with Crippen molar-refractivity contribution in [2.45, 2.75) is 20.4 Å². The Hall–Kier alpha value is -2.37. The molecule has 0 aliphatic heterocycles. The third-order valence-corrected chi connectivity index (χ3v) is 2.93. The first-order chi connectivity index (χ1) is 9.11. The van der Waals surface area contributed by atoms with Crippen LogP contribution in [-0.4, -0.2) is 28.1 Å². The number of rotatable bonds is 4. The highest BCUT2D eigenvalue weighted by Gasteiger charge is 2.12. The Kier molecular flexibility index (Phi) is 3.79. The zero-order chi connectivity index (χ0) is 13.8. The molecule has 19 heavy (non-hydrogen) atoms. The molecule has 6 nitrogen and oxygen atoms in total. The maximum Gasteiger partial charge on any atom is 0.255 e. The summed E-state index contributed by atoms with van der Waals surface area (Å²) in [5.74, 6) is -0.155. The maximum absolute atomic E-state index is 12.1. The van der Waals surface area contributed by atoms with Crippen LogP contribution in [0.1, 0.15) is 27.3 Å². The number of hydrogen-bond donors (Lipinski definition) is 3. The summed E-state index contributed by atoms with van der Waals surface area (Å²) < 4.78 is 0. The molecule has 100 valence electrons. The lowest BCUT2D eigenvalue weighted by Gasteiger charge is -2.10. The fourth-order valence-corrected chi connectivity index (χ4v) is 1.77. The minimum Gasteiger partial charge on any atom is -0.387 e. The second kappa shape index (κ2) is 5.51. The van der Waals surface area contributed by atoms with E-state index in [1.54, 1.807) is 19.4 Å². The van der Waals surface area contributed by atoms with Crippen molar-refractivity contribution in [1.29, 1.82) is 0 Å². The molecule has 0 aromatic carbocycles. The molecule has 0 radical (unpaired) electrons. The van der Waals surface area contributed by atoms with Gasteiger partial charge in [-0.2, -0.15) is 5.10 Å². The summed E-state index contributed by atoms with van der Waals surface area (Å²) in [7, 11) is 1.78. The van der Waals surface area contributed by atoms with E-state index >= 15 is 0 Å². The van der Waals surface area contributed by atoms with Gasteiger partial charge in [-0.15, -0.1) is 0 Å². The normalized spacial score (nSPS) is 10.3. The van der Waals surface area contributed by atoms with Crippen molar-refractivity contribution >= 4 is 11.6 Å². The van der Waals surface area contributed by atoms with Gasteiger partial charge in [0, 0.05) is 36.7 Å². The van der Waals surface area contributed by atoms with E-state index in [4.69, 9.17) is 0 Å². The molecule has 3 N–H and O–H groups in total. The number of aromatic nitrogens is 3. The summed E-state index contributed by atoms with van der Waals surface area (Å²) in [4.78, 5) is 16.3. The molecule has 0 spiro atoms. The molecule has 0 aliphatic carbocycles. The van der Waals surface area contributed by atoms with Gasteiger partial charge in [0.05, 0.1) is 17.4 Å². The quantitative estimate of drug-likeness (QED) is 0.775. The van der Waals surface area contributed by atoms with Crippen molar-refractivity contribution in [2.75, 3.05) is 12.4 Å². The van der Waals surface area contributed by atoms with Gasteiger partial charge in [0.25, 0.3) is 5.91 Å². The van der Waals surface area contributed by atoms with E-state index < -0.39 is 0 Å². The number of nitrogens with zero attached hydrogens (tertiary/aromatic N) is 2. The fraction of sp³-hybridized carbons (Fsp3) is 0.308. The predicted octanol–water partition coefficient (Wildman–Crippen LogP) is 1.39. The number of amides is 1. The van der Waals surface area contributed by atoms with Gasteiger partial charge >= 0.3 is 0 Å². The van der Waals surface area contributed by atoms with Crippen LogP contribution in [0, 0.1) is 13.8 Å². The molecule has 6 heteroatoms. The lowest BCUT2D eigenvalue weighted by atomic mass is 10.2. The van der Waals surface area contributed by atoms with Crippen LogP contribution in [0.4, 0.5) is 5.69 Å². The van der Waals surface area contributed by atoms with Crippen molar-refractivity contribution in [2.24, 2.45) is 0 Å². The Labute approximate surface area is 111 Å². The van der Waals surface area contributed by atoms with E-state index in [1.165, 1.54) is 0 Å². The molecule has 0 atom stereocenters. The lowest BCUT2D eigenvalue weighted by Crippen LogP contribution is -2.24. The standard InChI is InChI=1S/C13H17N5O/c1-8-4-12(14-3)11(7-15-8)13(19)16-5-10-6-17-18-9(10)2/h4,6-7H,5H2,1-3H3,(H,14,15)(H,16,19)(H,17,18). The summed E-state index contributed by atoms with van der Waals surface area (Å²) >= 11 is 0. The Morgan fingerprint density at radius 2 is 2.16 bits per heavy atom. The third kappa shape index (κ3) is 2.90. The zero-order valence-corrected chi connectivity index (χ0v) is 11.2. The summed E-state index contributed by atoms with van der Waals surface area (Å²) in [6, 6.07) is 1.85. The zero-order valence-electron chi connectivity index (χ0n) is 11.2. The minimum absolute atomic E-state index is 0.155. The van der Waals surface area contributed by atoms with E-state index in [0.29, 0.717) is 12.1 Å². The van der Waals surface area contributed by atoms with Gasteiger partial charge in [0.2, 0.25) is 0 Å². The summed E-state index contributed by atoms with van der Waals surface area (Å²) in [6.45, 7) is 4.25. The smallest absolute Gasteiger partial charge is 0.255 e. The number of carbonyl (C=O) groups is 1. The topological polar surface area (TPSA) is 82.7 Å². The summed E-state index contributed by atoms with van der Waals surface area (Å²) in [5, 5.41) is 12.6. The van der Waals surface area contributed by atoms with Crippen LogP contribution in [0.25, 0.3) is 0 Å². The second-order valence-electron chi connectivity index (χ2n) is 4.32. The molecule has 2 rings (SSSR count). The average Bonchev–Trinajstić information content (AvgIpc) is 2.81. The van der Waals surface area contributed by atoms with Gasteiger partial charge in [0.15, 0.2) is 0 Å². The molecule has 2 aromatic rings. The molecule has 1 amide bonds. The second-order valence-corrected chi connectivity index (χ2v) is 4.32. The monoisotopic (exact) mass is 259 g/mol. The molecule has 0 saturated carbocycles. The Balaban J connectivity index is 2.10. The van der Waals surface area contributed by atoms with Gasteiger partial charge in [-0.05, 0) is 19.9 Å². The lowest BCUT2D eigenvalue weighted by molar-refractivity contribution is 0.0951. The number of pyridine rings is 1. The highest BCUT2D eigenvalue weighted by Crippen LogP contribution is 2.15. The SMILES string of the molecule is CNc1cc(C)ncc1C(=O)NCc1cn[nH]c1C. The van der Waals surface area contributed by atoms with Crippen LogP contribution >= 0.6 is 0 Å². The Morgan fingerprint density at radius 1 is 1.37 bits per heavy atom. The van der Waals surface area contributed by atoms with Crippen molar-refractivity contribution in [1.82, 2.24) is 20.5 Å². The first kappa shape index (κ1) is 13.1. The molecule has 0 fully saturated rings. The predicted molar refractivity (Wildman–Crippen MR) is 73.0 cm³/mol. The van der Waals surface area contributed by atoms with Crippen LogP contribution in [-0.2, 0) is 6.54 Å². The Bertz CT molecular complexity index is 590. The number of hydrogen-bond acceptors (Lipinski definition) is 4. The first-order valence-corrected chi connectivity index (χ1v) is 6.03. The van der Waals surface area contributed by atoms with E-state index in [1.807, 2.05) is 19.9 Å².